The molecule has 1 fully saturated rings. The Kier molecular flexibility index (Phi) is 4.51. The molecule has 6 nitrogen and oxygen atoms in total. The predicted molar refractivity (Wildman–Crippen MR) is 69.0 cm³/mol. The van der Waals surface area contributed by atoms with Crippen molar-refractivity contribution in [2.24, 2.45) is 0 Å². The molecule has 0 radical (unpaired) electrons. The third-order valence-electron chi connectivity index (χ3n) is 2.68. The highest BCUT2D eigenvalue weighted by atomic mass is 32.1. The quantitative estimate of drug-likeness (QED) is 0.829. The summed E-state index contributed by atoms with van der Waals surface area (Å²) in [7, 11) is 0. The molecule has 7 heteroatoms. The van der Waals surface area contributed by atoms with Crippen LogP contribution in [0.3, 0.4) is 0 Å². The largest absolute Gasteiger partial charge is 0.394 e. The van der Waals surface area contributed by atoms with Gasteiger partial charge in [-0.3, -0.25) is 4.79 Å². The fourth-order valence-corrected chi connectivity index (χ4v) is 2.54. The number of amides is 1. The Bertz CT molecular complexity index is 410. The van der Waals surface area contributed by atoms with Crippen LogP contribution in [0.25, 0.3) is 0 Å². The first kappa shape index (κ1) is 13.3. The minimum atomic E-state index is -0.283. The van der Waals surface area contributed by atoms with Gasteiger partial charge in [-0.2, -0.15) is 0 Å². The van der Waals surface area contributed by atoms with Gasteiger partial charge in [0.05, 0.1) is 19.3 Å². The molecule has 0 aliphatic carbocycles. The number of ether oxygens (including phenoxy) is 1. The molecule has 1 saturated heterocycles. The molecular weight excluding hydrogens is 254 g/mol. The highest BCUT2D eigenvalue weighted by Crippen LogP contribution is 2.17. The highest BCUT2D eigenvalue weighted by molar-refractivity contribution is 7.13. The molecule has 100 valence electrons. The van der Waals surface area contributed by atoms with E-state index in [2.05, 4.69) is 10.3 Å². The molecule has 0 spiro atoms. The molecule has 1 amide bonds. The number of aliphatic hydroxyl groups is 1. The first-order valence-electron chi connectivity index (χ1n) is 5.95. The van der Waals surface area contributed by atoms with E-state index >= 15 is 0 Å². The van der Waals surface area contributed by atoms with Crippen molar-refractivity contribution in [3.63, 3.8) is 0 Å². The number of anilines is 1. The Labute approximate surface area is 110 Å². The zero-order chi connectivity index (χ0) is 13.0. The Morgan fingerprint density at radius 3 is 3.33 bits per heavy atom. The number of carbonyl (C=O) groups excluding carboxylic acids is 1. The third kappa shape index (κ3) is 2.98. The summed E-state index contributed by atoms with van der Waals surface area (Å²) in [6.07, 6.45) is -0.283. The number of morpholine rings is 1. The zero-order valence-electron chi connectivity index (χ0n) is 10.3. The van der Waals surface area contributed by atoms with E-state index in [1.807, 2.05) is 6.92 Å². The maximum Gasteiger partial charge on any atom is 0.273 e. The molecule has 2 heterocycles. The topological polar surface area (TPSA) is 74.7 Å². The number of nitrogens with one attached hydrogen (secondary N) is 1. The van der Waals surface area contributed by atoms with Gasteiger partial charge in [0.2, 0.25) is 0 Å². The van der Waals surface area contributed by atoms with Crippen LogP contribution < -0.4 is 5.32 Å². The van der Waals surface area contributed by atoms with Crippen molar-refractivity contribution in [3.8, 4) is 0 Å². The molecule has 1 unspecified atom stereocenters. The lowest BCUT2D eigenvalue weighted by molar-refractivity contribution is -0.0448. The van der Waals surface area contributed by atoms with Crippen LogP contribution >= 0.6 is 11.3 Å². The Morgan fingerprint density at radius 1 is 1.78 bits per heavy atom. The standard InChI is InChI=1S/C11H17N3O3S/c1-2-12-11-13-9(7-18-11)10(16)14-3-4-17-8(5-14)6-15/h7-8,15H,2-6H2,1H3,(H,12,13). The molecule has 1 atom stereocenters. The van der Waals surface area contributed by atoms with E-state index < -0.39 is 0 Å². The molecular formula is C11H17N3O3S. The molecule has 0 aromatic carbocycles. The summed E-state index contributed by atoms with van der Waals surface area (Å²) in [6, 6.07) is 0. The van der Waals surface area contributed by atoms with Crippen LogP contribution in [0.4, 0.5) is 5.13 Å². The van der Waals surface area contributed by atoms with Crippen molar-refractivity contribution in [3.05, 3.63) is 11.1 Å². The van der Waals surface area contributed by atoms with E-state index in [-0.39, 0.29) is 18.6 Å². The van der Waals surface area contributed by atoms with E-state index in [1.165, 1.54) is 11.3 Å². The summed E-state index contributed by atoms with van der Waals surface area (Å²) >= 11 is 1.42. The smallest absolute Gasteiger partial charge is 0.273 e. The number of aromatic nitrogens is 1. The second-order valence-electron chi connectivity index (χ2n) is 3.99. The monoisotopic (exact) mass is 271 g/mol. The van der Waals surface area contributed by atoms with Crippen molar-refractivity contribution in [1.82, 2.24) is 9.88 Å². The number of hydrogen-bond donors (Lipinski definition) is 2. The molecule has 18 heavy (non-hydrogen) atoms. The Hall–Kier alpha value is -1.18. The first-order chi connectivity index (χ1) is 8.74. The number of nitrogens with zero attached hydrogens (tertiary/aromatic N) is 2. The maximum absolute atomic E-state index is 12.2. The van der Waals surface area contributed by atoms with E-state index in [9.17, 15) is 4.79 Å². The Morgan fingerprint density at radius 2 is 2.61 bits per heavy atom. The number of thiazole rings is 1. The van der Waals surface area contributed by atoms with Gasteiger partial charge in [0.15, 0.2) is 5.13 Å². The van der Waals surface area contributed by atoms with Gasteiger partial charge in [-0.25, -0.2) is 4.98 Å². The minimum Gasteiger partial charge on any atom is -0.394 e. The molecule has 1 aromatic rings. The lowest BCUT2D eigenvalue weighted by Crippen LogP contribution is -2.47. The van der Waals surface area contributed by atoms with E-state index in [0.29, 0.717) is 25.4 Å². The van der Waals surface area contributed by atoms with Gasteiger partial charge in [-0.1, -0.05) is 0 Å². The Balaban J connectivity index is 2.00. The minimum absolute atomic E-state index is 0.0660. The third-order valence-corrected chi connectivity index (χ3v) is 3.48. The van der Waals surface area contributed by atoms with Crippen LogP contribution in [-0.4, -0.2) is 59.8 Å². The molecule has 1 aliphatic heterocycles. The van der Waals surface area contributed by atoms with E-state index in [0.717, 1.165) is 11.7 Å². The van der Waals surface area contributed by atoms with Crippen LogP contribution in [0.2, 0.25) is 0 Å². The second kappa shape index (κ2) is 6.12. The summed E-state index contributed by atoms with van der Waals surface area (Å²) in [6.45, 7) is 4.12. The van der Waals surface area contributed by atoms with Gasteiger partial charge in [0.25, 0.3) is 5.91 Å². The van der Waals surface area contributed by atoms with Gasteiger partial charge in [-0.15, -0.1) is 11.3 Å². The molecule has 1 aliphatic rings. The van der Waals surface area contributed by atoms with Gasteiger partial charge in [-0.05, 0) is 6.92 Å². The van der Waals surface area contributed by atoms with Crippen LogP contribution in [0, 0.1) is 0 Å². The van der Waals surface area contributed by atoms with E-state index in [1.54, 1.807) is 10.3 Å². The number of hydrogen-bond acceptors (Lipinski definition) is 6. The van der Waals surface area contributed by atoms with Gasteiger partial charge in [0, 0.05) is 25.0 Å². The van der Waals surface area contributed by atoms with Crippen molar-refractivity contribution >= 4 is 22.4 Å². The summed E-state index contributed by atoms with van der Waals surface area (Å²) in [5, 5.41) is 14.6. The first-order valence-corrected chi connectivity index (χ1v) is 6.83. The fourth-order valence-electron chi connectivity index (χ4n) is 1.78. The van der Waals surface area contributed by atoms with Gasteiger partial charge < -0.3 is 20.1 Å². The fraction of sp³-hybridized carbons (Fsp3) is 0.636. The van der Waals surface area contributed by atoms with Crippen molar-refractivity contribution < 1.29 is 14.6 Å². The average molecular weight is 271 g/mol. The van der Waals surface area contributed by atoms with E-state index in [4.69, 9.17) is 9.84 Å². The summed E-state index contributed by atoms with van der Waals surface area (Å²) < 4.78 is 5.31. The van der Waals surface area contributed by atoms with Crippen molar-refractivity contribution in [2.75, 3.05) is 38.2 Å². The molecule has 1 aromatic heterocycles. The van der Waals surface area contributed by atoms with Crippen LogP contribution in [-0.2, 0) is 4.74 Å². The summed E-state index contributed by atoms with van der Waals surface area (Å²) in [5.41, 5.74) is 0.453. The maximum atomic E-state index is 12.2. The molecule has 0 bridgehead atoms. The molecule has 2 N–H and O–H groups in total. The van der Waals surface area contributed by atoms with Gasteiger partial charge in [0.1, 0.15) is 5.69 Å². The normalized spacial score (nSPS) is 19.9. The lowest BCUT2D eigenvalue weighted by Gasteiger charge is -2.31. The summed E-state index contributed by atoms with van der Waals surface area (Å²) in [5.74, 6) is -0.0999. The molecule has 0 saturated carbocycles. The highest BCUT2D eigenvalue weighted by Gasteiger charge is 2.25. The van der Waals surface area contributed by atoms with Crippen molar-refractivity contribution in [2.45, 2.75) is 13.0 Å². The zero-order valence-corrected chi connectivity index (χ0v) is 11.1. The van der Waals surface area contributed by atoms with Crippen LogP contribution in [0.15, 0.2) is 5.38 Å². The average Bonchev–Trinajstić information content (AvgIpc) is 2.87. The van der Waals surface area contributed by atoms with Gasteiger partial charge >= 0.3 is 0 Å². The van der Waals surface area contributed by atoms with Crippen LogP contribution in [0.5, 0.6) is 0 Å². The number of rotatable bonds is 4. The number of aliphatic hydroxyl groups excluding tert-OH is 1. The predicted octanol–water partition coefficient (Wildman–Crippen LogP) is 0.408. The van der Waals surface area contributed by atoms with Crippen molar-refractivity contribution in [1.29, 1.82) is 0 Å². The second-order valence-corrected chi connectivity index (χ2v) is 4.85. The van der Waals surface area contributed by atoms with Crippen LogP contribution in [0.1, 0.15) is 17.4 Å². The molecule has 2 rings (SSSR count). The number of carbonyl (C=O) groups is 1. The lowest BCUT2D eigenvalue weighted by atomic mass is 10.2. The summed E-state index contributed by atoms with van der Waals surface area (Å²) in [4.78, 5) is 18.1. The SMILES string of the molecule is CCNc1nc(C(=O)N2CCOC(CO)C2)cs1.